The smallest absolute Gasteiger partial charge is 0.271 e. The van der Waals surface area contributed by atoms with Crippen molar-refractivity contribution >= 4 is 34.9 Å². The van der Waals surface area contributed by atoms with Gasteiger partial charge in [0.1, 0.15) is 0 Å². The van der Waals surface area contributed by atoms with Gasteiger partial charge in [-0.1, -0.05) is 11.6 Å². The Kier molecular flexibility index (Phi) is 3.49. The molecule has 0 saturated carbocycles. The van der Waals surface area contributed by atoms with Gasteiger partial charge >= 0.3 is 0 Å². The minimum absolute atomic E-state index is 0.0748. The molecule has 0 aromatic heterocycles. The zero-order chi connectivity index (χ0) is 14.9. The summed E-state index contributed by atoms with van der Waals surface area (Å²) in [6, 6.07) is 4.08. The Hall–Kier alpha value is -2.35. The van der Waals surface area contributed by atoms with Crippen LogP contribution in [0.4, 0.5) is 11.4 Å². The van der Waals surface area contributed by atoms with Crippen LogP contribution in [0.3, 0.4) is 0 Å². The molecule has 0 fully saturated rings. The highest BCUT2D eigenvalue weighted by Crippen LogP contribution is 2.27. The molecular weight excluding hydrogens is 284 g/mol. The molecule has 1 aliphatic rings. The highest BCUT2D eigenvalue weighted by Gasteiger charge is 2.22. The number of nitrogens with one attached hydrogen (secondary N) is 2. The van der Waals surface area contributed by atoms with Gasteiger partial charge in [-0.25, -0.2) is 9.98 Å². The highest BCUT2D eigenvalue weighted by molar-refractivity contribution is 6.34. The standard InChI is InChI=1S/C11H13ClN6O2/c1-11(2)16-9(13)15-10(17-11)14-8-5-6(18(19)20)3-4-7(8)12/h3-5H,1-2H3,(H4,13,14,15,16,17). The van der Waals surface area contributed by atoms with Gasteiger partial charge in [-0.05, 0) is 19.9 Å². The van der Waals surface area contributed by atoms with Crippen molar-refractivity contribution in [2.24, 2.45) is 15.7 Å². The van der Waals surface area contributed by atoms with Gasteiger partial charge in [0.15, 0.2) is 11.6 Å². The molecule has 8 nitrogen and oxygen atoms in total. The first kappa shape index (κ1) is 14.1. The molecule has 2 rings (SSSR count). The fourth-order valence-corrected chi connectivity index (χ4v) is 1.84. The van der Waals surface area contributed by atoms with Crippen molar-refractivity contribution in [2.45, 2.75) is 19.5 Å². The number of halogens is 1. The van der Waals surface area contributed by atoms with Crippen molar-refractivity contribution < 1.29 is 4.92 Å². The van der Waals surface area contributed by atoms with Gasteiger partial charge < -0.3 is 11.1 Å². The van der Waals surface area contributed by atoms with Crippen molar-refractivity contribution in [3.8, 4) is 0 Å². The summed E-state index contributed by atoms with van der Waals surface area (Å²) in [4.78, 5) is 18.6. The van der Waals surface area contributed by atoms with Crippen molar-refractivity contribution in [1.29, 1.82) is 0 Å². The predicted molar refractivity (Wildman–Crippen MR) is 78.0 cm³/mol. The molecule has 106 valence electrons. The number of anilines is 1. The fraction of sp³-hybridized carbons (Fsp3) is 0.273. The quantitative estimate of drug-likeness (QED) is 0.566. The lowest BCUT2D eigenvalue weighted by Gasteiger charge is -2.24. The molecule has 0 amide bonds. The number of hydrogen-bond donors (Lipinski definition) is 3. The first-order valence-electron chi connectivity index (χ1n) is 5.70. The first-order valence-corrected chi connectivity index (χ1v) is 6.08. The minimum Gasteiger partial charge on any atom is -0.370 e. The lowest BCUT2D eigenvalue weighted by molar-refractivity contribution is -0.384. The summed E-state index contributed by atoms with van der Waals surface area (Å²) in [5.41, 5.74) is 5.21. The van der Waals surface area contributed by atoms with E-state index in [1.165, 1.54) is 18.2 Å². The topological polar surface area (TPSA) is 118 Å². The average Bonchev–Trinajstić information content (AvgIpc) is 2.28. The van der Waals surface area contributed by atoms with E-state index >= 15 is 0 Å². The van der Waals surface area contributed by atoms with Crippen LogP contribution in [0.2, 0.25) is 5.02 Å². The number of aliphatic imine (C=N–C) groups is 2. The molecule has 0 spiro atoms. The van der Waals surface area contributed by atoms with E-state index in [-0.39, 0.29) is 11.6 Å². The summed E-state index contributed by atoms with van der Waals surface area (Å²) in [6.45, 7) is 3.55. The number of nitro groups is 1. The van der Waals surface area contributed by atoms with Crippen molar-refractivity contribution in [3.63, 3.8) is 0 Å². The molecule has 0 bridgehead atoms. The van der Waals surface area contributed by atoms with Gasteiger partial charge in [-0.15, -0.1) is 0 Å². The molecule has 1 aromatic carbocycles. The Balaban J connectivity index is 2.29. The van der Waals surface area contributed by atoms with Crippen LogP contribution in [0.1, 0.15) is 13.8 Å². The van der Waals surface area contributed by atoms with E-state index < -0.39 is 10.6 Å². The Morgan fingerprint density at radius 3 is 2.75 bits per heavy atom. The van der Waals surface area contributed by atoms with Gasteiger partial charge in [0, 0.05) is 12.1 Å². The van der Waals surface area contributed by atoms with Crippen LogP contribution in [0.25, 0.3) is 0 Å². The van der Waals surface area contributed by atoms with Crippen LogP contribution >= 0.6 is 11.6 Å². The SMILES string of the molecule is CC1(C)N=C(N)NC(Nc2cc([N+](=O)[O-])ccc2Cl)=N1. The van der Waals surface area contributed by atoms with Crippen LogP contribution in [-0.4, -0.2) is 22.5 Å². The fourth-order valence-electron chi connectivity index (χ4n) is 1.68. The number of nitro benzene ring substituents is 1. The second-order valence-corrected chi connectivity index (χ2v) is 5.03. The molecular formula is C11H13ClN6O2. The molecule has 1 aliphatic heterocycles. The number of nitrogens with zero attached hydrogens (tertiary/aromatic N) is 3. The molecule has 1 aromatic rings. The van der Waals surface area contributed by atoms with Crippen LogP contribution in [0.15, 0.2) is 28.2 Å². The number of non-ortho nitro benzene ring substituents is 1. The summed E-state index contributed by atoms with van der Waals surface area (Å²) >= 11 is 6.00. The molecule has 4 N–H and O–H groups in total. The lowest BCUT2D eigenvalue weighted by Crippen LogP contribution is -2.47. The largest absolute Gasteiger partial charge is 0.370 e. The van der Waals surface area contributed by atoms with Crippen molar-refractivity contribution in [3.05, 3.63) is 33.3 Å². The zero-order valence-electron chi connectivity index (χ0n) is 10.8. The highest BCUT2D eigenvalue weighted by atomic mass is 35.5. The third kappa shape index (κ3) is 3.15. The third-order valence-electron chi connectivity index (χ3n) is 2.44. The van der Waals surface area contributed by atoms with Crippen LogP contribution < -0.4 is 16.4 Å². The molecule has 1 heterocycles. The number of rotatable bonds is 2. The minimum atomic E-state index is -0.717. The van der Waals surface area contributed by atoms with Gasteiger partial charge in [-0.2, -0.15) is 0 Å². The van der Waals surface area contributed by atoms with Gasteiger partial charge in [-0.3, -0.25) is 15.4 Å². The second-order valence-electron chi connectivity index (χ2n) is 4.62. The van der Waals surface area contributed by atoms with Crippen LogP contribution in [0.5, 0.6) is 0 Å². The zero-order valence-corrected chi connectivity index (χ0v) is 11.6. The van der Waals surface area contributed by atoms with Crippen molar-refractivity contribution in [2.75, 3.05) is 5.32 Å². The van der Waals surface area contributed by atoms with E-state index in [9.17, 15) is 10.1 Å². The Morgan fingerprint density at radius 1 is 1.45 bits per heavy atom. The van der Waals surface area contributed by atoms with Crippen molar-refractivity contribution in [1.82, 2.24) is 5.32 Å². The van der Waals surface area contributed by atoms with Gasteiger partial charge in [0.2, 0.25) is 5.96 Å². The molecule has 0 atom stereocenters. The van der Waals surface area contributed by atoms with E-state index in [1.54, 1.807) is 13.8 Å². The third-order valence-corrected chi connectivity index (χ3v) is 2.77. The normalized spacial score (nSPS) is 16.8. The summed E-state index contributed by atoms with van der Waals surface area (Å²) in [6.07, 6.45) is 0. The summed E-state index contributed by atoms with van der Waals surface area (Å²) < 4.78 is 0. The number of guanidine groups is 2. The van der Waals surface area contributed by atoms with Gasteiger partial charge in [0.25, 0.3) is 5.69 Å². The van der Waals surface area contributed by atoms with E-state index in [0.717, 1.165) is 0 Å². The molecule has 0 unspecified atom stereocenters. The van der Waals surface area contributed by atoms with E-state index in [1.807, 2.05) is 0 Å². The van der Waals surface area contributed by atoms with E-state index in [4.69, 9.17) is 17.3 Å². The number of hydrogen-bond acceptors (Lipinski definition) is 7. The van der Waals surface area contributed by atoms with Crippen LogP contribution in [0, 0.1) is 10.1 Å². The molecule has 0 aliphatic carbocycles. The maximum Gasteiger partial charge on any atom is 0.271 e. The number of benzene rings is 1. The lowest BCUT2D eigenvalue weighted by atomic mass is 10.2. The monoisotopic (exact) mass is 296 g/mol. The molecule has 9 heteroatoms. The van der Waals surface area contributed by atoms with Gasteiger partial charge in [0.05, 0.1) is 15.6 Å². The Morgan fingerprint density at radius 2 is 2.15 bits per heavy atom. The molecule has 0 saturated heterocycles. The maximum atomic E-state index is 10.8. The second kappa shape index (κ2) is 4.97. The summed E-state index contributed by atoms with van der Waals surface area (Å²) in [5.74, 6) is 0.527. The first-order chi connectivity index (χ1) is 9.27. The van der Waals surface area contributed by atoms with E-state index in [2.05, 4.69) is 20.6 Å². The summed E-state index contributed by atoms with van der Waals surface area (Å²) in [5, 5.41) is 16.7. The molecule has 20 heavy (non-hydrogen) atoms. The van der Waals surface area contributed by atoms with E-state index in [0.29, 0.717) is 16.7 Å². The molecule has 0 radical (unpaired) electrons. The Bertz CT molecular complexity index is 625. The van der Waals surface area contributed by atoms with Crippen LogP contribution in [-0.2, 0) is 0 Å². The Labute approximate surface area is 119 Å². The average molecular weight is 297 g/mol. The predicted octanol–water partition coefficient (Wildman–Crippen LogP) is 1.67. The number of nitrogens with two attached hydrogens (primary N) is 1. The maximum absolute atomic E-state index is 10.8. The summed E-state index contributed by atoms with van der Waals surface area (Å²) in [7, 11) is 0.